The molecule has 4 heteroatoms. The summed E-state index contributed by atoms with van der Waals surface area (Å²) in [6, 6.07) is 3.54. The molecule has 2 aromatic rings. The first-order chi connectivity index (χ1) is 6.24. The lowest BCUT2D eigenvalue weighted by molar-refractivity contribution is 0.389. The quantitative estimate of drug-likeness (QED) is 0.731. The third-order valence-electron chi connectivity index (χ3n) is 1.82. The van der Waals surface area contributed by atoms with E-state index in [0.717, 1.165) is 8.96 Å². The van der Waals surface area contributed by atoms with Crippen LogP contribution in [0.4, 0.5) is 4.39 Å². The van der Waals surface area contributed by atoms with Gasteiger partial charge in [-0.3, -0.25) is 0 Å². The fourth-order valence-electron chi connectivity index (χ4n) is 1.17. The Bertz CT molecular complexity index is 452. The zero-order valence-corrected chi connectivity index (χ0v) is 9.78. The lowest BCUT2D eigenvalue weighted by Crippen LogP contribution is -1.86. The van der Waals surface area contributed by atoms with Crippen LogP contribution in [-0.2, 0) is 0 Å². The van der Waals surface area contributed by atoms with Crippen LogP contribution in [0, 0.1) is 9.39 Å². The van der Waals surface area contributed by atoms with Crippen LogP contribution in [0.2, 0.25) is 0 Å². The van der Waals surface area contributed by atoms with E-state index in [-0.39, 0.29) is 5.82 Å². The van der Waals surface area contributed by atoms with Crippen molar-refractivity contribution in [1.29, 1.82) is 0 Å². The Morgan fingerprint density at radius 2 is 2.23 bits per heavy atom. The maximum Gasteiger partial charge on any atom is 0.182 e. The Morgan fingerprint density at radius 1 is 1.46 bits per heavy atom. The maximum absolute atomic E-state index is 13.6. The van der Waals surface area contributed by atoms with Gasteiger partial charge in [-0.15, -0.1) is 11.3 Å². The number of rotatable bonds is 1. The van der Waals surface area contributed by atoms with Crippen LogP contribution in [0.25, 0.3) is 10.1 Å². The van der Waals surface area contributed by atoms with Gasteiger partial charge in [0.2, 0.25) is 0 Å². The highest BCUT2D eigenvalue weighted by molar-refractivity contribution is 14.1. The fraction of sp³-hybridized carbons (Fsp3) is 0.111. The fourth-order valence-corrected chi connectivity index (χ4v) is 3.04. The zero-order chi connectivity index (χ0) is 9.42. The molecule has 0 radical (unpaired) electrons. The Kier molecular flexibility index (Phi) is 2.42. The van der Waals surface area contributed by atoms with Crippen LogP contribution in [0.15, 0.2) is 17.5 Å². The molecule has 13 heavy (non-hydrogen) atoms. The molecule has 1 nitrogen and oxygen atoms in total. The molecule has 1 aromatic carbocycles. The first kappa shape index (κ1) is 9.21. The molecule has 0 spiro atoms. The van der Waals surface area contributed by atoms with Gasteiger partial charge in [0, 0.05) is 14.3 Å². The van der Waals surface area contributed by atoms with Gasteiger partial charge >= 0.3 is 0 Å². The second-order valence-corrected chi connectivity index (χ2v) is 4.58. The van der Waals surface area contributed by atoms with Gasteiger partial charge < -0.3 is 4.74 Å². The predicted octanol–water partition coefficient (Wildman–Crippen LogP) is 3.65. The van der Waals surface area contributed by atoms with Crippen LogP contribution in [0.5, 0.6) is 5.75 Å². The van der Waals surface area contributed by atoms with E-state index < -0.39 is 0 Å². The summed E-state index contributed by atoms with van der Waals surface area (Å²) in [6.07, 6.45) is 0. The van der Waals surface area contributed by atoms with Crippen molar-refractivity contribution in [3.63, 3.8) is 0 Å². The molecule has 0 amide bonds. The van der Waals surface area contributed by atoms with Crippen molar-refractivity contribution in [2.24, 2.45) is 0 Å². The van der Waals surface area contributed by atoms with E-state index in [2.05, 4.69) is 22.6 Å². The molecule has 0 aliphatic carbocycles. The topological polar surface area (TPSA) is 9.23 Å². The summed E-state index contributed by atoms with van der Waals surface area (Å²) in [5.41, 5.74) is 0. The molecular weight excluding hydrogens is 302 g/mol. The first-order valence-corrected chi connectivity index (χ1v) is 5.59. The molecule has 2 rings (SSSR count). The van der Waals surface area contributed by atoms with Crippen molar-refractivity contribution in [3.05, 3.63) is 26.9 Å². The van der Waals surface area contributed by atoms with Gasteiger partial charge in [-0.2, -0.15) is 0 Å². The minimum absolute atomic E-state index is 0.257. The number of fused-ring (bicyclic) bond motifs is 1. The number of hydrogen-bond donors (Lipinski definition) is 0. The average Bonchev–Trinajstić information content (AvgIpc) is 2.50. The van der Waals surface area contributed by atoms with E-state index in [0.29, 0.717) is 10.4 Å². The van der Waals surface area contributed by atoms with Gasteiger partial charge in [0.1, 0.15) is 0 Å². The van der Waals surface area contributed by atoms with Gasteiger partial charge in [0.05, 0.1) is 11.8 Å². The number of hydrogen-bond acceptors (Lipinski definition) is 2. The van der Waals surface area contributed by atoms with Gasteiger partial charge in [-0.1, -0.05) is 0 Å². The molecule has 1 aromatic heterocycles. The standard InChI is InChI=1S/C9H6FIOS/c1-12-7-3-2-5-6(11)4-13-9(5)8(7)10/h2-4H,1H3. The molecule has 1 heterocycles. The summed E-state index contributed by atoms with van der Waals surface area (Å²) in [6.45, 7) is 0. The van der Waals surface area contributed by atoms with E-state index >= 15 is 0 Å². The second kappa shape index (κ2) is 3.42. The molecule has 0 aliphatic heterocycles. The maximum atomic E-state index is 13.6. The molecule has 0 atom stereocenters. The molecule has 0 fully saturated rings. The number of ether oxygens (including phenoxy) is 1. The molecule has 68 valence electrons. The summed E-state index contributed by atoms with van der Waals surface area (Å²) in [5, 5.41) is 2.90. The number of benzene rings is 1. The highest BCUT2D eigenvalue weighted by Gasteiger charge is 2.10. The normalized spacial score (nSPS) is 10.7. The molecule has 0 aliphatic rings. The first-order valence-electron chi connectivity index (χ1n) is 3.63. The Balaban J connectivity index is 2.80. The zero-order valence-electron chi connectivity index (χ0n) is 6.80. The molecule has 0 bridgehead atoms. The SMILES string of the molecule is COc1ccc2c(I)csc2c1F. The van der Waals surface area contributed by atoms with Crippen LogP contribution in [0.3, 0.4) is 0 Å². The Labute approximate surface area is 92.7 Å². The lowest BCUT2D eigenvalue weighted by atomic mass is 10.2. The molecule has 0 unspecified atom stereocenters. The largest absolute Gasteiger partial charge is 0.494 e. The van der Waals surface area contributed by atoms with Crippen molar-refractivity contribution < 1.29 is 9.13 Å². The van der Waals surface area contributed by atoms with Crippen molar-refractivity contribution >= 4 is 44.0 Å². The van der Waals surface area contributed by atoms with Gasteiger partial charge in [0.25, 0.3) is 0 Å². The Hall–Kier alpha value is -0.360. The highest BCUT2D eigenvalue weighted by atomic mass is 127. The van der Waals surface area contributed by atoms with E-state index in [1.807, 2.05) is 11.4 Å². The van der Waals surface area contributed by atoms with Gasteiger partial charge in [0.15, 0.2) is 11.6 Å². The second-order valence-electron chi connectivity index (χ2n) is 2.54. The van der Waals surface area contributed by atoms with Crippen LogP contribution in [-0.4, -0.2) is 7.11 Å². The molecule has 0 saturated carbocycles. The smallest absolute Gasteiger partial charge is 0.182 e. The van der Waals surface area contributed by atoms with E-state index in [9.17, 15) is 4.39 Å². The summed E-state index contributed by atoms with van der Waals surface area (Å²) in [5.74, 6) is 0.0543. The van der Waals surface area contributed by atoms with Crippen LogP contribution < -0.4 is 4.74 Å². The minimum Gasteiger partial charge on any atom is -0.494 e. The predicted molar refractivity (Wildman–Crippen MR) is 61.1 cm³/mol. The van der Waals surface area contributed by atoms with Crippen molar-refractivity contribution in [2.75, 3.05) is 7.11 Å². The highest BCUT2D eigenvalue weighted by Crippen LogP contribution is 2.33. The van der Waals surface area contributed by atoms with Crippen molar-refractivity contribution in [3.8, 4) is 5.75 Å². The summed E-state index contributed by atoms with van der Waals surface area (Å²) in [4.78, 5) is 0. The van der Waals surface area contributed by atoms with Crippen molar-refractivity contribution in [2.45, 2.75) is 0 Å². The lowest BCUT2D eigenvalue weighted by Gasteiger charge is -2.01. The van der Waals surface area contributed by atoms with Gasteiger partial charge in [-0.25, -0.2) is 4.39 Å². The number of thiophene rings is 1. The molecule has 0 N–H and O–H groups in total. The molecular formula is C9H6FIOS. The third kappa shape index (κ3) is 1.42. The summed E-state index contributed by atoms with van der Waals surface area (Å²) in [7, 11) is 1.48. The van der Waals surface area contributed by atoms with E-state index in [1.165, 1.54) is 18.4 Å². The Morgan fingerprint density at radius 3 is 2.92 bits per heavy atom. The van der Waals surface area contributed by atoms with E-state index in [1.54, 1.807) is 6.07 Å². The van der Waals surface area contributed by atoms with Crippen LogP contribution in [0.1, 0.15) is 0 Å². The summed E-state index contributed by atoms with van der Waals surface area (Å²) >= 11 is 3.60. The minimum atomic E-state index is -0.257. The summed E-state index contributed by atoms with van der Waals surface area (Å²) < 4.78 is 20.2. The number of methoxy groups -OCH3 is 1. The average molecular weight is 308 g/mol. The van der Waals surface area contributed by atoms with Crippen molar-refractivity contribution in [1.82, 2.24) is 0 Å². The van der Waals surface area contributed by atoms with Gasteiger partial charge in [-0.05, 0) is 34.7 Å². The monoisotopic (exact) mass is 308 g/mol. The van der Waals surface area contributed by atoms with E-state index in [4.69, 9.17) is 4.74 Å². The number of halogens is 2. The molecule has 0 saturated heterocycles. The van der Waals surface area contributed by atoms with Crippen LogP contribution >= 0.6 is 33.9 Å². The third-order valence-corrected chi connectivity index (χ3v) is 4.12.